The molecule has 0 rings (SSSR count). The van der Waals surface area contributed by atoms with Crippen LogP contribution in [0.4, 0.5) is 0 Å². The van der Waals surface area contributed by atoms with Crippen LogP contribution < -0.4 is 4.72 Å². The zero-order chi connectivity index (χ0) is 15.6. The van der Waals surface area contributed by atoms with Gasteiger partial charge in [-0.05, 0) is 12.3 Å². The fraction of sp³-hybridized carbons (Fsp3) is 0.917. The van der Waals surface area contributed by atoms with Gasteiger partial charge >= 0.3 is 5.97 Å². The summed E-state index contributed by atoms with van der Waals surface area (Å²) in [5.74, 6) is 0.0327. The third-order valence-electron chi connectivity index (χ3n) is 2.47. The molecule has 0 aliphatic heterocycles. The molecule has 7 nitrogen and oxygen atoms in total. The van der Waals surface area contributed by atoms with Crippen LogP contribution in [0, 0.1) is 5.92 Å². The SMILES string of the molecule is COC(=O)CCN(C)S(=O)(=O)NCCCOCC(C)C. The third kappa shape index (κ3) is 9.24. The molecule has 0 saturated heterocycles. The summed E-state index contributed by atoms with van der Waals surface area (Å²) < 4.78 is 37.0. The summed E-state index contributed by atoms with van der Waals surface area (Å²) in [5, 5.41) is 0. The largest absolute Gasteiger partial charge is 0.469 e. The molecule has 0 spiro atoms. The molecule has 0 aliphatic carbocycles. The summed E-state index contributed by atoms with van der Waals surface area (Å²) in [4.78, 5) is 10.9. The lowest BCUT2D eigenvalue weighted by Gasteiger charge is -2.17. The van der Waals surface area contributed by atoms with Crippen LogP contribution in [0.15, 0.2) is 0 Å². The number of esters is 1. The van der Waals surface area contributed by atoms with Crippen LogP contribution >= 0.6 is 0 Å². The van der Waals surface area contributed by atoms with Gasteiger partial charge in [0.1, 0.15) is 0 Å². The first-order valence-corrected chi connectivity index (χ1v) is 8.09. The van der Waals surface area contributed by atoms with Gasteiger partial charge in [-0.3, -0.25) is 4.79 Å². The van der Waals surface area contributed by atoms with Crippen molar-refractivity contribution in [3.8, 4) is 0 Å². The molecule has 0 amide bonds. The van der Waals surface area contributed by atoms with Crippen molar-refractivity contribution in [2.45, 2.75) is 26.7 Å². The first-order valence-electron chi connectivity index (χ1n) is 6.65. The highest BCUT2D eigenvalue weighted by Gasteiger charge is 2.17. The van der Waals surface area contributed by atoms with Crippen LogP contribution in [-0.2, 0) is 24.5 Å². The van der Waals surface area contributed by atoms with Gasteiger partial charge in [-0.25, -0.2) is 4.72 Å². The maximum absolute atomic E-state index is 11.8. The molecule has 8 heteroatoms. The second kappa shape index (κ2) is 10.1. The number of nitrogens with zero attached hydrogens (tertiary/aromatic N) is 1. The van der Waals surface area contributed by atoms with E-state index >= 15 is 0 Å². The van der Waals surface area contributed by atoms with Gasteiger partial charge in [0.25, 0.3) is 10.2 Å². The van der Waals surface area contributed by atoms with E-state index in [9.17, 15) is 13.2 Å². The van der Waals surface area contributed by atoms with E-state index in [4.69, 9.17) is 4.74 Å². The first-order chi connectivity index (χ1) is 9.29. The highest BCUT2D eigenvalue weighted by atomic mass is 32.2. The van der Waals surface area contributed by atoms with Crippen molar-refractivity contribution in [3.05, 3.63) is 0 Å². The van der Waals surface area contributed by atoms with Gasteiger partial charge in [0.15, 0.2) is 0 Å². The van der Waals surface area contributed by atoms with Crippen LogP contribution in [0.5, 0.6) is 0 Å². The Labute approximate surface area is 121 Å². The van der Waals surface area contributed by atoms with Crippen molar-refractivity contribution in [2.24, 2.45) is 5.92 Å². The fourth-order valence-electron chi connectivity index (χ4n) is 1.28. The standard InChI is InChI=1S/C12H26N2O5S/c1-11(2)10-19-9-5-7-13-20(16,17)14(3)8-6-12(15)18-4/h11,13H,5-10H2,1-4H3. The van der Waals surface area contributed by atoms with Gasteiger partial charge in [0, 0.05) is 33.4 Å². The number of ether oxygens (including phenoxy) is 2. The van der Waals surface area contributed by atoms with Crippen LogP contribution in [-0.4, -0.2) is 59.2 Å². The van der Waals surface area contributed by atoms with E-state index < -0.39 is 16.2 Å². The number of hydrogen-bond donors (Lipinski definition) is 1. The Hall–Kier alpha value is -0.700. The molecule has 0 aromatic carbocycles. The van der Waals surface area contributed by atoms with E-state index in [1.807, 2.05) is 0 Å². The number of hydrogen-bond acceptors (Lipinski definition) is 5. The number of carbonyl (C=O) groups excluding carboxylic acids is 1. The zero-order valence-corrected chi connectivity index (χ0v) is 13.5. The molecule has 0 atom stereocenters. The van der Waals surface area contributed by atoms with Crippen LogP contribution in [0.25, 0.3) is 0 Å². The molecule has 0 radical (unpaired) electrons. The van der Waals surface area contributed by atoms with Gasteiger partial charge in [-0.15, -0.1) is 0 Å². The molecular formula is C12H26N2O5S. The molecule has 0 saturated carbocycles. The smallest absolute Gasteiger partial charge is 0.306 e. The highest BCUT2D eigenvalue weighted by Crippen LogP contribution is 1.98. The molecule has 0 aliphatic rings. The summed E-state index contributed by atoms with van der Waals surface area (Å²) in [6, 6.07) is 0. The average Bonchev–Trinajstić information content (AvgIpc) is 2.38. The Bertz CT molecular complexity index is 370. The van der Waals surface area contributed by atoms with E-state index in [1.165, 1.54) is 14.2 Å². The average molecular weight is 310 g/mol. The summed E-state index contributed by atoms with van der Waals surface area (Å²) in [6.45, 7) is 5.70. The van der Waals surface area contributed by atoms with Crippen LogP contribution in [0.2, 0.25) is 0 Å². The van der Waals surface area contributed by atoms with Crippen molar-refractivity contribution < 1.29 is 22.7 Å². The minimum Gasteiger partial charge on any atom is -0.469 e. The van der Waals surface area contributed by atoms with E-state index in [2.05, 4.69) is 23.3 Å². The molecule has 0 heterocycles. The Balaban J connectivity index is 3.85. The van der Waals surface area contributed by atoms with Gasteiger partial charge in [-0.2, -0.15) is 12.7 Å². The van der Waals surface area contributed by atoms with Gasteiger partial charge < -0.3 is 9.47 Å². The van der Waals surface area contributed by atoms with E-state index in [0.717, 1.165) is 4.31 Å². The summed E-state index contributed by atoms with van der Waals surface area (Å²) >= 11 is 0. The maximum Gasteiger partial charge on any atom is 0.306 e. The summed E-state index contributed by atoms with van der Waals surface area (Å²) in [7, 11) is -0.860. The Morgan fingerprint density at radius 3 is 2.55 bits per heavy atom. The van der Waals surface area contributed by atoms with Crippen molar-refractivity contribution >= 4 is 16.2 Å². The van der Waals surface area contributed by atoms with Gasteiger partial charge in [-0.1, -0.05) is 13.8 Å². The summed E-state index contributed by atoms with van der Waals surface area (Å²) in [5.41, 5.74) is 0. The van der Waals surface area contributed by atoms with Gasteiger partial charge in [0.05, 0.1) is 13.5 Å². The Kier molecular flexibility index (Phi) is 9.74. The van der Waals surface area contributed by atoms with E-state index in [1.54, 1.807) is 0 Å². The molecule has 0 bridgehead atoms. The Morgan fingerprint density at radius 1 is 1.35 bits per heavy atom. The number of carbonyl (C=O) groups is 1. The second-order valence-corrected chi connectivity index (χ2v) is 6.73. The van der Waals surface area contributed by atoms with Crippen molar-refractivity contribution in [1.29, 1.82) is 0 Å². The minimum absolute atomic E-state index is 0.0331. The Morgan fingerprint density at radius 2 is 2.00 bits per heavy atom. The molecular weight excluding hydrogens is 284 g/mol. The number of methoxy groups -OCH3 is 1. The van der Waals surface area contributed by atoms with Gasteiger partial charge in [0.2, 0.25) is 0 Å². The second-order valence-electron chi connectivity index (χ2n) is 4.87. The zero-order valence-electron chi connectivity index (χ0n) is 12.7. The van der Waals surface area contributed by atoms with E-state index in [0.29, 0.717) is 32.1 Å². The minimum atomic E-state index is -3.55. The lowest BCUT2D eigenvalue weighted by atomic mass is 10.2. The predicted octanol–water partition coefficient (Wildman–Crippen LogP) is 0.378. The monoisotopic (exact) mass is 310 g/mol. The van der Waals surface area contributed by atoms with Crippen molar-refractivity contribution in [2.75, 3.05) is 40.5 Å². The third-order valence-corrected chi connectivity index (χ3v) is 4.04. The maximum atomic E-state index is 11.8. The number of rotatable bonds is 11. The van der Waals surface area contributed by atoms with Crippen LogP contribution in [0.3, 0.4) is 0 Å². The molecule has 0 aromatic rings. The van der Waals surface area contributed by atoms with Crippen molar-refractivity contribution in [3.63, 3.8) is 0 Å². The lowest BCUT2D eigenvalue weighted by molar-refractivity contribution is -0.140. The van der Waals surface area contributed by atoms with Crippen molar-refractivity contribution in [1.82, 2.24) is 9.03 Å². The number of nitrogens with one attached hydrogen (secondary N) is 1. The first kappa shape index (κ1) is 19.3. The molecule has 0 fully saturated rings. The molecule has 0 unspecified atom stereocenters. The normalized spacial score (nSPS) is 12.1. The van der Waals surface area contributed by atoms with Crippen LogP contribution in [0.1, 0.15) is 26.7 Å². The van der Waals surface area contributed by atoms with E-state index in [-0.39, 0.29) is 13.0 Å². The topological polar surface area (TPSA) is 84.9 Å². The molecule has 0 aromatic heterocycles. The molecule has 1 N–H and O–H groups in total. The lowest BCUT2D eigenvalue weighted by Crippen LogP contribution is -2.39. The summed E-state index contributed by atoms with van der Waals surface area (Å²) in [6.07, 6.45) is 0.641. The molecule has 120 valence electrons. The molecule has 20 heavy (non-hydrogen) atoms. The predicted molar refractivity (Wildman–Crippen MR) is 76.5 cm³/mol. The fourth-order valence-corrected chi connectivity index (χ4v) is 2.23. The quantitative estimate of drug-likeness (QED) is 0.440. The highest BCUT2D eigenvalue weighted by molar-refractivity contribution is 7.87.